The van der Waals surface area contributed by atoms with Crippen LogP contribution in [0.1, 0.15) is 22.6 Å². The van der Waals surface area contributed by atoms with E-state index in [1.807, 2.05) is 12.1 Å². The number of rotatable bonds is 4. The van der Waals surface area contributed by atoms with Crippen LogP contribution in [0.3, 0.4) is 0 Å². The predicted octanol–water partition coefficient (Wildman–Crippen LogP) is 2.20. The normalized spacial score (nSPS) is 17.1. The van der Waals surface area contributed by atoms with Gasteiger partial charge in [-0.25, -0.2) is 13.1 Å². The van der Waals surface area contributed by atoms with Crippen molar-refractivity contribution in [2.24, 2.45) is 0 Å². The van der Waals surface area contributed by atoms with Gasteiger partial charge in [-0.15, -0.1) is 0 Å². The lowest BCUT2D eigenvalue weighted by Gasteiger charge is -2.30. The zero-order valence-electron chi connectivity index (χ0n) is 11.8. The molecule has 4 nitrogen and oxygen atoms in total. The Balaban J connectivity index is 1.75. The molecule has 0 saturated carbocycles. The summed E-state index contributed by atoms with van der Waals surface area (Å²) >= 11 is 0. The van der Waals surface area contributed by atoms with Crippen molar-refractivity contribution in [2.45, 2.75) is 24.2 Å². The van der Waals surface area contributed by atoms with E-state index in [0.717, 1.165) is 6.42 Å². The van der Waals surface area contributed by atoms with Gasteiger partial charge in [0.05, 0.1) is 4.90 Å². The number of hydrogen-bond donors (Lipinski definition) is 2. The molecule has 2 aromatic carbocycles. The molecule has 0 radical (unpaired) electrons. The molecule has 2 aromatic rings. The number of nitrogen functional groups attached to an aromatic ring is 1. The van der Waals surface area contributed by atoms with Crippen LogP contribution in [0.2, 0.25) is 0 Å². The maximum atomic E-state index is 12.4. The van der Waals surface area contributed by atoms with E-state index in [4.69, 9.17) is 5.73 Å². The zero-order chi connectivity index (χ0) is 15.0. The van der Waals surface area contributed by atoms with Crippen molar-refractivity contribution in [3.63, 3.8) is 0 Å². The molecule has 0 fully saturated rings. The first-order valence-corrected chi connectivity index (χ1v) is 8.39. The van der Waals surface area contributed by atoms with Gasteiger partial charge in [0.1, 0.15) is 0 Å². The van der Waals surface area contributed by atoms with E-state index >= 15 is 0 Å². The van der Waals surface area contributed by atoms with Gasteiger partial charge in [-0.1, -0.05) is 30.3 Å². The molecule has 3 N–H and O–H groups in total. The number of sulfonamides is 1. The average molecular weight is 302 g/mol. The Kier molecular flexibility index (Phi) is 3.47. The van der Waals surface area contributed by atoms with Crippen LogP contribution in [0.5, 0.6) is 0 Å². The van der Waals surface area contributed by atoms with Gasteiger partial charge in [0.15, 0.2) is 0 Å². The Morgan fingerprint density at radius 1 is 1.24 bits per heavy atom. The third-order valence-corrected chi connectivity index (χ3v) is 5.55. The summed E-state index contributed by atoms with van der Waals surface area (Å²) in [6, 6.07) is 13.1. The van der Waals surface area contributed by atoms with Gasteiger partial charge in [-0.2, -0.15) is 0 Å². The van der Waals surface area contributed by atoms with Gasteiger partial charge in [-0.3, -0.25) is 0 Å². The predicted molar refractivity (Wildman–Crippen MR) is 83.7 cm³/mol. The molecule has 0 heterocycles. The maximum Gasteiger partial charge on any atom is 0.240 e. The van der Waals surface area contributed by atoms with Crippen molar-refractivity contribution in [3.8, 4) is 0 Å². The van der Waals surface area contributed by atoms with E-state index < -0.39 is 10.0 Å². The fourth-order valence-electron chi connectivity index (χ4n) is 2.74. The third kappa shape index (κ3) is 2.66. The maximum absolute atomic E-state index is 12.4. The standard InChI is InChI=1S/C16H18N2O2S/c1-11-6-7-14(17)9-16(11)21(19,20)18-10-13-8-12-4-2-3-5-15(12)13/h2-7,9,13,18H,8,10,17H2,1H3. The summed E-state index contributed by atoms with van der Waals surface area (Å²) in [5.41, 5.74) is 9.39. The quantitative estimate of drug-likeness (QED) is 0.850. The molecule has 110 valence electrons. The van der Waals surface area contributed by atoms with Crippen LogP contribution < -0.4 is 10.5 Å². The number of aryl methyl sites for hydroxylation is 1. The molecule has 0 aromatic heterocycles. The highest BCUT2D eigenvalue weighted by atomic mass is 32.2. The number of anilines is 1. The second-order valence-electron chi connectivity index (χ2n) is 5.48. The largest absolute Gasteiger partial charge is 0.399 e. The molecular weight excluding hydrogens is 284 g/mol. The minimum Gasteiger partial charge on any atom is -0.399 e. The molecule has 0 bridgehead atoms. The molecule has 1 aliphatic rings. The number of nitrogens with one attached hydrogen (secondary N) is 1. The van der Waals surface area contributed by atoms with E-state index in [1.54, 1.807) is 19.1 Å². The second kappa shape index (κ2) is 5.16. The third-order valence-electron chi connectivity index (χ3n) is 3.98. The summed E-state index contributed by atoms with van der Waals surface area (Å²) in [4.78, 5) is 0.259. The Labute approximate surface area is 125 Å². The lowest BCUT2D eigenvalue weighted by atomic mass is 9.78. The van der Waals surface area contributed by atoms with Crippen LogP contribution in [0, 0.1) is 6.92 Å². The molecule has 1 aliphatic carbocycles. The topological polar surface area (TPSA) is 72.2 Å². The summed E-state index contributed by atoms with van der Waals surface area (Å²) in [5.74, 6) is 0.261. The lowest BCUT2D eigenvalue weighted by Crippen LogP contribution is -2.33. The van der Waals surface area contributed by atoms with Gasteiger partial charge in [0.2, 0.25) is 10.0 Å². The zero-order valence-corrected chi connectivity index (χ0v) is 12.7. The summed E-state index contributed by atoms with van der Waals surface area (Å²) in [7, 11) is -3.52. The van der Waals surface area contributed by atoms with Crippen LogP contribution in [0.4, 0.5) is 5.69 Å². The molecule has 0 aliphatic heterocycles. The first-order chi connectivity index (χ1) is 9.97. The van der Waals surface area contributed by atoms with Crippen molar-refractivity contribution in [1.82, 2.24) is 4.72 Å². The van der Waals surface area contributed by atoms with Crippen molar-refractivity contribution in [3.05, 3.63) is 59.2 Å². The number of fused-ring (bicyclic) bond motifs is 1. The highest BCUT2D eigenvalue weighted by Gasteiger charge is 2.27. The SMILES string of the molecule is Cc1ccc(N)cc1S(=O)(=O)NCC1Cc2ccccc21. The Morgan fingerprint density at radius 2 is 2.00 bits per heavy atom. The molecule has 21 heavy (non-hydrogen) atoms. The van der Waals surface area contributed by atoms with E-state index in [0.29, 0.717) is 17.8 Å². The smallest absolute Gasteiger partial charge is 0.240 e. The Bertz CT molecular complexity index is 785. The lowest BCUT2D eigenvalue weighted by molar-refractivity contribution is 0.551. The summed E-state index contributed by atoms with van der Waals surface area (Å²) in [5, 5.41) is 0. The van der Waals surface area contributed by atoms with Gasteiger partial charge in [-0.05, 0) is 42.2 Å². The number of nitrogens with two attached hydrogens (primary N) is 1. The van der Waals surface area contributed by atoms with Crippen molar-refractivity contribution < 1.29 is 8.42 Å². The molecule has 0 spiro atoms. The van der Waals surface area contributed by atoms with Crippen LogP contribution in [-0.4, -0.2) is 15.0 Å². The van der Waals surface area contributed by atoms with E-state index in [2.05, 4.69) is 16.9 Å². The minimum absolute atomic E-state index is 0.259. The molecule has 0 saturated heterocycles. The molecule has 0 amide bonds. The minimum atomic E-state index is -3.52. The van der Waals surface area contributed by atoms with E-state index in [9.17, 15) is 8.42 Å². The molecular formula is C16H18N2O2S. The monoisotopic (exact) mass is 302 g/mol. The van der Waals surface area contributed by atoms with Crippen molar-refractivity contribution in [1.29, 1.82) is 0 Å². The van der Waals surface area contributed by atoms with Gasteiger partial charge in [0, 0.05) is 18.2 Å². The van der Waals surface area contributed by atoms with Crippen LogP contribution in [0.15, 0.2) is 47.4 Å². The van der Waals surface area contributed by atoms with Crippen molar-refractivity contribution >= 4 is 15.7 Å². The fraction of sp³-hybridized carbons (Fsp3) is 0.250. The highest BCUT2D eigenvalue weighted by Crippen LogP contribution is 2.34. The van der Waals surface area contributed by atoms with Crippen LogP contribution in [-0.2, 0) is 16.4 Å². The van der Waals surface area contributed by atoms with E-state index in [1.165, 1.54) is 17.2 Å². The Hall–Kier alpha value is -1.85. The van der Waals surface area contributed by atoms with Crippen LogP contribution >= 0.6 is 0 Å². The summed E-state index contributed by atoms with van der Waals surface area (Å²) in [6.07, 6.45) is 0.925. The van der Waals surface area contributed by atoms with Gasteiger partial charge in [0.25, 0.3) is 0 Å². The Morgan fingerprint density at radius 3 is 2.76 bits per heavy atom. The summed E-state index contributed by atoms with van der Waals surface area (Å²) < 4.78 is 27.5. The van der Waals surface area contributed by atoms with Crippen molar-refractivity contribution in [2.75, 3.05) is 12.3 Å². The van der Waals surface area contributed by atoms with E-state index in [-0.39, 0.29) is 10.8 Å². The fourth-order valence-corrected chi connectivity index (χ4v) is 4.10. The highest BCUT2D eigenvalue weighted by molar-refractivity contribution is 7.89. The van der Waals surface area contributed by atoms with Gasteiger partial charge < -0.3 is 5.73 Å². The number of benzene rings is 2. The first kappa shape index (κ1) is 14.1. The average Bonchev–Trinajstić information content (AvgIpc) is 2.42. The molecule has 1 atom stereocenters. The second-order valence-corrected chi connectivity index (χ2v) is 7.21. The number of hydrogen-bond acceptors (Lipinski definition) is 3. The summed E-state index contributed by atoms with van der Waals surface area (Å²) in [6.45, 7) is 2.19. The van der Waals surface area contributed by atoms with Gasteiger partial charge >= 0.3 is 0 Å². The molecule has 5 heteroatoms. The van der Waals surface area contributed by atoms with Crippen LogP contribution in [0.25, 0.3) is 0 Å². The molecule has 3 rings (SSSR count). The first-order valence-electron chi connectivity index (χ1n) is 6.91. The molecule has 1 unspecified atom stereocenters.